The Morgan fingerprint density at radius 2 is 1.49 bits per heavy atom. The summed E-state index contributed by atoms with van der Waals surface area (Å²) in [7, 11) is -16.0. The first-order valence-corrected chi connectivity index (χ1v) is 21.0. The molecule has 1 unspecified atom stereocenters. The smallest absolute Gasteiger partial charge is 0.870 e. The predicted molar refractivity (Wildman–Crippen MR) is 204 cm³/mol. The topological polar surface area (TPSA) is 341 Å². The molecule has 0 radical (unpaired) electrons. The molecular weight excluding hydrogens is 958 g/mol. The van der Waals surface area contributed by atoms with E-state index in [2.05, 4.69) is 51.1 Å². The third kappa shape index (κ3) is 12.3. The summed E-state index contributed by atoms with van der Waals surface area (Å²) in [5.74, 6) is -2.01. The number of nitriles is 1. The van der Waals surface area contributed by atoms with Crippen molar-refractivity contribution in [2.24, 2.45) is 10.2 Å². The Balaban J connectivity index is 0.00000331. The number of nitrogens with zero attached hydrogens (tertiary/aromatic N) is 8. The minimum absolute atomic E-state index is 0. The number of fused-ring (bicyclic) bond motifs is 2. The fourth-order valence-electron chi connectivity index (χ4n) is 5.40. The Labute approximate surface area is 427 Å². The summed E-state index contributed by atoms with van der Waals surface area (Å²) in [5, 5.41) is 37.5. The van der Waals surface area contributed by atoms with Crippen LogP contribution in [-0.4, -0.2) is 76.4 Å². The second-order valence-corrected chi connectivity index (χ2v) is 16.9. The van der Waals surface area contributed by atoms with Crippen molar-refractivity contribution < 1.29 is 133 Å². The summed E-state index contributed by atoms with van der Waals surface area (Å²) in [5.41, 5.74) is -2.32. The van der Waals surface area contributed by atoms with Gasteiger partial charge in [-0.05, 0) is 70.5 Å². The SMILES string of the molecule is CC(CNc1nc(Cl)nc(Cl)c1C#N)Nc1nc(Cl)nc(Nc2cc(S(=O)(=O)[O-])cc3cc(S(=O)(=O)[O-])c(N=Nc4ccc5ccccc5c4S(=O)(=O)O)c([O-])c23)n1.[Na+].[Na+].[Na+]. The van der Waals surface area contributed by atoms with Crippen LogP contribution in [0.25, 0.3) is 21.5 Å². The van der Waals surface area contributed by atoms with Gasteiger partial charge in [-0.15, -0.1) is 10.2 Å². The van der Waals surface area contributed by atoms with Gasteiger partial charge >= 0.3 is 88.7 Å². The van der Waals surface area contributed by atoms with Gasteiger partial charge in [-0.2, -0.15) is 33.6 Å². The van der Waals surface area contributed by atoms with Crippen LogP contribution in [0.5, 0.6) is 5.75 Å². The van der Waals surface area contributed by atoms with Crippen molar-refractivity contribution in [3.05, 3.63) is 75.9 Å². The van der Waals surface area contributed by atoms with Crippen LogP contribution in [0.2, 0.25) is 15.7 Å². The molecule has 4 N–H and O–H groups in total. The van der Waals surface area contributed by atoms with Crippen LogP contribution >= 0.6 is 34.8 Å². The maximum Gasteiger partial charge on any atom is 1.00 e. The molecule has 0 aliphatic heterocycles. The fraction of sp³-hybridized carbons (Fsp3) is 0.0968. The molecule has 0 saturated heterocycles. The Hall–Kier alpha value is -2.62. The van der Waals surface area contributed by atoms with Gasteiger partial charge in [0.1, 0.15) is 42.5 Å². The summed E-state index contributed by atoms with van der Waals surface area (Å²) < 4.78 is 109. The first-order valence-electron chi connectivity index (χ1n) is 15.6. The van der Waals surface area contributed by atoms with Crippen molar-refractivity contribution in [2.45, 2.75) is 27.7 Å². The Morgan fingerprint density at radius 3 is 2.13 bits per heavy atom. The molecule has 4 aromatic carbocycles. The predicted octanol–water partition coefficient (Wildman–Crippen LogP) is -3.99. The number of benzene rings is 4. The van der Waals surface area contributed by atoms with Crippen molar-refractivity contribution in [3.63, 3.8) is 0 Å². The van der Waals surface area contributed by atoms with Crippen LogP contribution in [0.4, 0.5) is 34.8 Å². The molecule has 0 aliphatic rings. The molecule has 300 valence electrons. The number of hydrogen-bond donors (Lipinski definition) is 4. The number of hydrogen-bond acceptors (Lipinski definition) is 20. The Kier molecular flexibility index (Phi) is 18.1. The van der Waals surface area contributed by atoms with Gasteiger partial charge in [-0.1, -0.05) is 47.7 Å². The third-order valence-corrected chi connectivity index (χ3v) is 11.0. The normalized spacial score (nSPS) is 12.2. The standard InChI is InChI=1S/C31H22Cl3N11O10S3.3Na/c1-13(12-36-27-18(11-35)26(32)39-28(33)40-27)37-30-41-29(34)42-31(43-30)38-20-10-16(56(47,48)49)8-15-9-21(57(50,51)52)23(24(46)22(15)20)45-44-19-7-6-14-4-2-3-5-17(14)25(19)58(53,54)55;;;/h2-10,13,46H,12H2,1H3,(H,36,39,40)(H,47,48,49)(H,50,51,52)(H,53,54,55)(H2,37,38,41,42,43);;;/q;3*+1/p-3. The van der Waals surface area contributed by atoms with E-state index in [9.17, 15) is 49.3 Å². The van der Waals surface area contributed by atoms with E-state index in [1.165, 1.54) is 24.3 Å². The molecule has 0 saturated carbocycles. The molecule has 0 bridgehead atoms. The Bertz CT molecular complexity index is 3120. The van der Waals surface area contributed by atoms with Crippen molar-refractivity contribution in [1.29, 1.82) is 5.26 Å². The molecule has 2 aromatic heterocycles. The van der Waals surface area contributed by atoms with E-state index in [0.717, 1.165) is 6.07 Å². The molecule has 2 heterocycles. The first kappa shape index (κ1) is 52.7. The van der Waals surface area contributed by atoms with Gasteiger partial charge in [0.15, 0.2) is 11.0 Å². The van der Waals surface area contributed by atoms with Gasteiger partial charge in [0.05, 0.1) is 15.5 Å². The van der Waals surface area contributed by atoms with Crippen LogP contribution in [0.3, 0.4) is 0 Å². The van der Waals surface area contributed by atoms with Crippen molar-refractivity contribution in [2.75, 3.05) is 22.5 Å². The fourth-order valence-corrected chi connectivity index (χ4v) is 8.00. The van der Waals surface area contributed by atoms with Crippen LogP contribution in [0.15, 0.2) is 79.5 Å². The van der Waals surface area contributed by atoms with Crippen LogP contribution in [0, 0.1) is 11.3 Å². The van der Waals surface area contributed by atoms with E-state index in [0.29, 0.717) is 23.6 Å². The summed E-state index contributed by atoms with van der Waals surface area (Å²) in [6.45, 7) is 1.69. The monoisotopic (exact) mass is 975 g/mol. The van der Waals surface area contributed by atoms with Gasteiger partial charge in [0.2, 0.25) is 22.5 Å². The molecule has 6 rings (SSSR count). The molecular formula is C31H19Cl3N11Na3O10S3. The summed E-state index contributed by atoms with van der Waals surface area (Å²) in [6.07, 6.45) is 0. The van der Waals surface area contributed by atoms with Gasteiger partial charge < -0.3 is 30.2 Å². The number of azo groups is 1. The first-order chi connectivity index (χ1) is 27.1. The van der Waals surface area contributed by atoms with E-state index < -0.39 is 95.9 Å². The maximum atomic E-state index is 14.1. The minimum Gasteiger partial charge on any atom is -0.870 e. The molecule has 0 aliphatic carbocycles. The van der Waals surface area contributed by atoms with Crippen molar-refractivity contribution in [3.8, 4) is 11.8 Å². The average molecular weight is 977 g/mol. The summed E-state index contributed by atoms with van der Waals surface area (Å²) >= 11 is 18.0. The number of aromatic nitrogens is 5. The summed E-state index contributed by atoms with van der Waals surface area (Å²) in [4.78, 5) is 16.6. The zero-order valence-corrected chi connectivity index (χ0v) is 42.3. The third-order valence-electron chi connectivity index (χ3n) is 7.79. The van der Waals surface area contributed by atoms with E-state index >= 15 is 0 Å². The van der Waals surface area contributed by atoms with Crippen LogP contribution < -0.4 is 110 Å². The second-order valence-electron chi connectivity index (χ2n) is 11.8. The zero-order chi connectivity index (χ0) is 42.3. The molecule has 0 spiro atoms. The van der Waals surface area contributed by atoms with Gasteiger partial charge in [0, 0.05) is 23.7 Å². The number of nitrogens with one attached hydrogen (secondary N) is 3. The minimum atomic E-state index is -5.62. The van der Waals surface area contributed by atoms with Gasteiger partial charge in [0.25, 0.3) is 10.1 Å². The van der Waals surface area contributed by atoms with Crippen molar-refractivity contribution in [1.82, 2.24) is 24.9 Å². The van der Waals surface area contributed by atoms with Gasteiger partial charge in [-0.3, -0.25) is 4.55 Å². The molecule has 21 nitrogen and oxygen atoms in total. The van der Waals surface area contributed by atoms with Crippen LogP contribution in [-0.2, 0) is 30.4 Å². The number of rotatable bonds is 12. The average Bonchev–Trinajstić information content (AvgIpc) is 3.11. The molecule has 6 aromatic rings. The van der Waals surface area contributed by atoms with Gasteiger partial charge in [-0.25, -0.2) is 21.8 Å². The van der Waals surface area contributed by atoms with Crippen LogP contribution in [0.1, 0.15) is 12.5 Å². The molecule has 1 atom stereocenters. The maximum absolute atomic E-state index is 14.1. The number of anilines is 4. The quantitative estimate of drug-likeness (QED) is 0.0299. The summed E-state index contributed by atoms with van der Waals surface area (Å²) in [6, 6.07) is 11.6. The molecule has 0 fully saturated rings. The van der Waals surface area contributed by atoms with E-state index in [4.69, 9.17) is 34.8 Å². The molecule has 30 heteroatoms. The van der Waals surface area contributed by atoms with Crippen molar-refractivity contribution >= 4 is 121 Å². The zero-order valence-electron chi connectivity index (χ0n) is 31.5. The van der Waals surface area contributed by atoms with E-state index in [1.54, 1.807) is 13.0 Å². The Morgan fingerprint density at radius 1 is 0.836 bits per heavy atom. The molecule has 61 heavy (non-hydrogen) atoms. The molecule has 0 amide bonds. The number of halogens is 3. The largest absolute Gasteiger partial charge is 1.00 e. The van der Waals surface area contributed by atoms with E-state index in [1.807, 2.05) is 6.07 Å². The second kappa shape index (κ2) is 20.9. The van der Waals surface area contributed by atoms with E-state index in [-0.39, 0.29) is 128 Å².